The summed E-state index contributed by atoms with van der Waals surface area (Å²) in [6.45, 7) is 2.10. The number of aliphatic carboxylic acids is 1. The Bertz CT molecular complexity index is 774. The second-order valence-electron chi connectivity index (χ2n) is 5.46. The highest BCUT2D eigenvalue weighted by molar-refractivity contribution is 9.10. The Labute approximate surface area is 141 Å². The number of fused-ring (bicyclic) bond motifs is 1. The van der Waals surface area contributed by atoms with Gasteiger partial charge in [-0.05, 0) is 24.6 Å². The summed E-state index contributed by atoms with van der Waals surface area (Å²) in [7, 11) is 0. The molecule has 1 aromatic heterocycles. The predicted molar refractivity (Wildman–Crippen MR) is 84.6 cm³/mol. The Hall–Kier alpha value is -2.22. The van der Waals surface area contributed by atoms with Gasteiger partial charge in [-0.25, -0.2) is 4.79 Å². The van der Waals surface area contributed by atoms with E-state index in [-0.39, 0.29) is 25.4 Å². The zero-order chi connectivity index (χ0) is 16.6. The highest BCUT2D eigenvalue weighted by atomic mass is 79.9. The van der Waals surface area contributed by atoms with Crippen LogP contribution in [0.15, 0.2) is 28.7 Å². The third kappa shape index (κ3) is 3.12. The number of halogens is 1. The summed E-state index contributed by atoms with van der Waals surface area (Å²) in [5.41, 5.74) is 0.830. The molecule has 3 rings (SSSR count). The van der Waals surface area contributed by atoms with Gasteiger partial charge in [-0.15, -0.1) is 10.2 Å². The van der Waals surface area contributed by atoms with Crippen LogP contribution >= 0.6 is 15.9 Å². The van der Waals surface area contributed by atoms with Gasteiger partial charge in [0.15, 0.2) is 5.82 Å². The van der Waals surface area contributed by atoms with E-state index in [4.69, 9.17) is 0 Å². The molecular formula is C15H15BrN4O3. The third-order valence-corrected chi connectivity index (χ3v) is 4.40. The average molecular weight is 379 g/mol. The lowest BCUT2D eigenvalue weighted by Gasteiger charge is -2.33. The minimum atomic E-state index is -1.02. The number of carboxylic acids is 1. The fourth-order valence-electron chi connectivity index (χ4n) is 2.71. The van der Waals surface area contributed by atoms with Crippen molar-refractivity contribution in [2.75, 3.05) is 0 Å². The molecule has 2 heterocycles. The van der Waals surface area contributed by atoms with Gasteiger partial charge in [-0.1, -0.05) is 28.1 Å². The number of amides is 1. The zero-order valence-electron chi connectivity index (χ0n) is 12.4. The van der Waals surface area contributed by atoms with E-state index in [2.05, 4.69) is 26.1 Å². The number of carbonyl (C=O) groups is 2. The van der Waals surface area contributed by atoms with Crippen LogP contribution in [-0.2, 0) is 29.1 Å². The highest BCUT2D eigenvalue weighted by Crippen LogP contribution is 2.20. The van der Waals surface area contributed by atoms with Gasteiger partial charge in [0.05, 0.1) is 19.5 Å². The Morgan fingerprint density at radius 3 is 2.87 bits per heavy atom. The normalized spacial score (nSPS) is 17.0. The zero-order valence-corrected chi connectivity index (χ0v) is 14.0. The van der Waals surface area contributed by atoms with Crippen LogP contribution in [0.2, 0.25) is 0 Å². The summed E-state index contributed by atoms with van der Waals surface area (Å²) in [5, 5.41) is 17.4. The summed E-state index contributed by atoms with van der Waals surface area (Å²) in [5.74, 6) is 0.0154. The molecule has 0 aliphatic carbocycles. The van der Waals surface area contributed by atoms with Crippen molar-refractivity contribution in [1.82, 2.24) is 19.7 Å². The van der Waals surface area contributed by atoms with E-state index in [9.17, 15) is 14.7 Å². The van der Waals surface area contributed by atoms with E-state index < -0.39 is 12.0 Å². The molecule has 7 nitrogen and oxygen atoms in total. The van der Waals surface area contributed by atoms with Crippen LogP contribution in [0.1, 0.15) is 17.2 Å². The number of aryl methyl sites for hydroxylation is 1. The Kier molecular flexibility index (Phi) is 4.16. The molecule has 1 unspecified atom stereocenters. The van der Waals surface area contributed by atoms with E-state index in [1.54, 1.807) is 11.5 Å². The molecular weight excluding hydrogens is 364 g/mol. The number of hydrogen-bond acceptors (Lipinski definition) is 4. The second kappa shape index (κ2) is 6.11. The van der Waals surface area contributed by atoms with Crippen LogP contribution in [0.3, 0.4) is 0 Å². The molecule has 1 aliphatic rings. The molecule has 8 heteroatoms. The van der Waals surface area contributed by atoms with Crippen molar-refractivity contribution in [3.63, 3.8) is 0 Å². The maximum absolute atomic E-state index is 12.6. The molecule has 120 valence electrons. The lowest BCUT2D eigenvalue weighted by molar-refractivity contribution is -0.152. The topological polar surface area (TPSA) is 88.3 Å². The molecule has 1 amide bonds. The van der Waals surface area contributed by atoms with E-state index in [1.165, 1.54) is 4.90 Å². The van der Waals surface area contributed by atoms with Crippen molar-refractivity contribution < 1.29 is 14.7 Å². The molecule has 0 saturated carbocycles. The van der Waals surface area contributed by atoms with Crippen LogP contribution in [-0.4, -0.2) is 42.7 Å². The van der Waals surface area contributed by atoms with Gasteiger partial charge in [0.2, 0.25) is 5.91 Å². The van der Waals surface area contributed by atoms with Gasteiger partial charge in [-0.2, -0.15) is 0 Å². The van der Waals surface area contributed by atoms with Gasteiger partial charge >= 0.3 is 5.97 Å². The van der Waals surface area contributed by atoms with Gasteiger partial charge in [0, 0.05) is 4.47 Å². The molecule has 0 radical (unpaired) electrons. The SMILES string of the molecule is Cc1nnc2n1CC(C(=O)O)N(C(=O)Cc1cccc(Br)c1)C2. The molecule has 1 atom stereocenters. The van der Waals surface area contributed by atoms with Crippen LogP contribution in [0.5, 0.6) is 0 Å². The number of nitrogens with zero attached hydrogens (tertiary/aromatic N) is 4. The van der Waals surface area contributed by atoms with Crippen LogP contribution < -0.4 is 0 Å². The quantitative estimate of drug-likeness (QED) is 0.871. The minimum Gasteiger partial charge on any atom is -0.480 e. The Balaban J connectivity index is 1.84. The average Bonchev–Trinajstić information content (AvgIpc) is 2.87. The molecule has 0 bridgehead atoms. The number of hydrogen-bond donors (Lipinski definition) is 1. The van der Waals surface area contributed by atoms with Gasteiger partial charge in [-0.3, -0.25) is 4.79 Å². The van der Waals surface area contributed by atoms with Crippen molar-refractivity contribution in [3.05, 3.63) is 46.0 Å². The molecule has 1 aliphatic heterocycles. The minimum absolute atomic E-state index is 0.149. The largest absolute Gasteiger partial charge is 0.480 e. The van der Waals surface area contributed by atoms with Crippen molar-refractivity contribution in [2.24, 2.45) is 0 Å². The fraction of sp³-hybridized carbons (Fsp3) is 0.333. The monoisotopic (exact) mass is 378 g/mol. The molecule has 1 aromatic carbocycles. The number of carbonyl (C=O) groups excluding carboxylic acids is 1. The predicted octanol–water partition coefficient (Wildman–Crippen LogP) is 1.39. The molecule has 0 saturated heterocycles. The van der Waals surface area contributed by atoms with E-state index in [0.29, 0.717) is 11.6 Å². The number of aromatic nitrogens is 3. The molecule has 0 spiro atoms. The van der Waals surface area contributed by atoms with Gasteiger partial charge in [0.25, 0.3) is 0 Å². The molecule has 1 N–H and O–H groups in total. The Morgan fingerprint density at radius 1 is 1.39 bits per heavy atom. The summed E-state index contributed by atoms with van der Waals surface area (Å²) in [4.78, 5) is 25.5. The molecule has 0 fully saturated rings. The van der Waals surface area contributed by atoms with Crippen molar-refractivity contribution in [1.29, 1.82) is 0 Å². The summed E-state index contributed by atoms with van der Waals surface area (Å²) >= 11 is 3.37. The van der Waals surface area contributed by atoms with E-state index in [0.717, 1.165) is 10.0 Å². The first-order valence-electron chi connectivity index (χ1n) is 7.11. The van der Waals surface area contributed by atoms with E-state index in [1.807, 2.05) is 24.3 Å². The maximum atomic E-state index is 12.6. The summed E-state index contributed by atoms with van der Waals surface area (Å²) in [6.07, 6.45) is 0.149. The number of carboxylic acid groups (broad SMARTS) is 1. The fourth-order valence-corrected chi connectivity index (χ4v) is 3.16. The van der Waals surface area contributed by atoms with Crippen molar-refractivity contribution in [2.45, 2.75) is 32.5 Å². The van der Waals surface area contributed by atoms with Crippen molar-refractivity contribution in [3.8, 4) is 0 Å². The second-order valence-corrected chi connectivity index (χ2v) is 6.37. The number of benzene rings is 1. The van der Waals surface area contributed by atoms with E-state index >= 15 is 0 Å². The highest BCUT2D eigenvalue weighted by Gasteiger charge is 2.36. The smallest absolute Gasteiger partial charge is 0.328 e. The Morgan fingerprint density at radius 2 is 2.17 bits per heavy atom. The summed E-state index contributed by atoms with van der Waals surface area (Å²) in [6, 6.07) is 6.51. The van der Waals surface area contributed by atoms with Crippen LogP contribution in [0.25, 0.3) is 0 Å². The standard InChI is InChI=1S/C15H15BrN4O3/c1-9-17-18-13-8-20(12(15(22)23)7-19(9)13)14(21)6-10-3-2-4-11(16)5-10/h2-5,12H,6-8H2,1H3,(H,22,23). The lowest BCUT2D eigenvalue weighted by atomic mass is 10.1. The van der Waals surface area contributed by atoms with Gasteiger partial charge < -0.3 is 14.6 Å². The first kappa shape index (κ1) is 15.7. The first-order chi connectivity index (χ1) is 11.0. The van der Waals surface area contributed by atoms with Crippen molar-refractivity contribution >= 4 is 27.8 Å². The number of rotatable bonds is 3. The maximum Gasteiger partial charge on any atom is 0.328 e. The van der Waals surface area contributed by atoms with Gasteiger partial charge in [0.1, 0.15) is 11.9 Å². The van der Waals surface area contributed by atoms with Crippen LogP contribution in [0.4, 0.5) is 0 Å². The summed E-state index contributed by atoms with van der Waals surface area (Å²) < 4.78 is 2.63. The first-order valence-corrected chi connectivity index (χ1v) is 7.90. The van der Waals surface area contributed by atoms with Crippen LogP contribution in [0, 0.1) is 6.92 Å². The lowest BCUT2D eigenvalue weighted by Crippen LogP contribution is -2.51. The third-order valence-electron chi connectivity index (χ3n) is 3.91. The molecule has 23 heavy (non-hydrogen) atoms. The molecule has 2 aromatic rings.